The fourth-order valence-electron chi connectivity index (χ4n) is 3.27. The predicted molar refractivity (Wildman–Crippen MR) is 113 cm³/mol. The van der Waals surface area contributed by atoms with Crippen LogP contribution in [0.1, 0.15) is 10.4 Å². The summed E-state index contributed by atoms with van der Waals surface area (Å²) in [6.45, 7) is 2.51. The molecular formula is C20H21ClN4O5. The van der Waals surface area contributed by atoms with Crippen molar-refractivity contribution >= 4 is 40.5 Å². The van der Waals surface area contributed by atoms with Crippen LogP contribution < -0.4 is 10.2 Å². The number of nitro benzene ring substituents is 1. The molecule has 0 spiro atoms. The number of nitrogens with one attached hydrogen (secondary N) is 1. The summed E-state index contributed by atoms with van der Waals surface area (Å²) < 4.78 is 4.64. The Morgan fingerprint density at radius 2 is 1.80 bits per heavy atom. The van der Waals surface area contributed by atoms with Gasteiger partial charge in [0.25, 0.3) is 5.69 Å². The molecule has 0 aromatic heterocycles. The quantitative estimate of drug-likeness (QED) is 0.425. The van der Waals surface area contributed by atoms with E-state index in [2.05, 4.69) is 10.1 Å². The summed E-state index contributed by atoms with van der Waals surface area (Å²) in [4.78, 5) is 38.6. The van der Waals surface area contributed by atoms with Crippen molar-refractivity contribution in [2.24, 2.45) is 0 Å². The second-order valence-electron chi connectivity index (χ2n) is 6.77. The molecule has 1 amide bonds. The van der Waals surface area contributed by atoms with Crippen molar-refractivity contribution in [2.45, 2.75) is 0 Å². The van der Waals surface area contributed by atoms with Crippen LogP contribution in [0.4, 0.5) is 17.1 Å². The number of rotatable bonds is 6. The number of benzene rings is 2. The Balaban J connectivity index is 1.53. The molecule has 1 saturated heterocycles. The van der Waals surface area contributed by atoms with Gasteiger partial charge in [0, 0.05) is 43.0 Å². The van der Waals surface area contributed by atoms with Crippen molar-refractivity contribution in [3.05, 3.63) is 63.2 Å². The van der Waals surface area contributed by atoms with E-state index < -0.39 is 10.9 Å². The maximum Gasteiger partial charge on any atom is 0.337 e. The van der Waals surface area contributed by atoms with Crippen LogP contribution in [0, 0.1) is 10.1 Å². The Morgan fingerprint density at radius 1 is 1.13 bits per heavy atom. The zero-order valence-corrected chi connectivity index (χ0v) is 17.1. The molecule has 0 radical (unpaired) electrons. The number of halogens is 1. The number of carbonyl (C=O) groups is 2. The van der Waals surface area contributed by atoms with Gasteiger partial charge in [-0.1, -0.05) is 11.6 Å². The summed E-state index contributed by atoms with van der Waals surface area (Å²) in [6, 6.07) is 11.1. The monoisotopic (exact) mass is 432 g/mol. The number of esters is 1. The lowest BCUT2D eigenvalue weighted by Crippen LogP contribution is -2.48. The number of nitro groups is 1. The summed E-state index contributed by atoms with van der Waals surface area (Å²) in [5.74, 6) is -0.613. The average molecular weight is 433 g/mol. The van der Waals surface area contributed by atoms with Crippen LogP contribution >= 0.6 is 11.6 Å². The lowest BCUT2D eigenvalue weighted by Gasteiger charge is -2.35. The van der Waals surface area contributed by atoms with E-state index in [1.165, 1.54) is 13.2 Å². The number of anilines is 2. The molecule has 2 aromatic carbocycles. The SMILES string of the molecule is COC(=O)c1ccc(NC(=O)CN2CCN(c3ccc(Cl)cc3[N+](=O)[O-])CC2)cc1. The summed E-state index contributed by atoms with van der Waals surface area (Å²) in [5.41, 5.74) is 1.49. The fraction of sp³-hybridized carbons (Fsp3) is 0.300. The minimum absolute atomic E-state index is 0.0240. The number of carbonyl (C=O) groups excluding carboxylic acids is 2. The first-order chi connectivity index (χ1) is 14.4. The third kappa shape index (κ3) is 5.25. The van der Waals surface area contributed by atoms with Crippen LogP contribution in [0.15, 0.2) is 42.5 Å². The molecule has 30 heavy (non-hydrogen) atoms. The van der Waals surface area contributed by atoms with Crippen LogP contribution in [0.3, 0.4) is 0 Å². The number of hydrogen-bond donors (Lipinski definition) is 1. The first-order valence-corrected chi connectivity index (χ1v) is 9.64. The molecule has 1 heterocycles. The molecule has 2 aromatic rings. The molecular weight excluding hydrogens is 412 g/mol. The van der Waals surface area contributed by atoms with Crippen molar-refractivity contribution in [3.8, 4) is 0 Å². The zero-order valence-electron chi connectivity index (χ0n) is 16.3. The molecule has 0 unspecified atom stereocenters. The van der Waals surface area contributed by atoms with Gasteiger partial charge < -0.3 is 15.0 Å². The van der Waals surface area contributed by atoms with Gasteiger partial charge in [-0.3, -0.25) is 19.8 Å². The van der Waals surface area contributed by atoms with Crippen LogP contribution in [0.25, 0.3) is 0 Å². The Morgan fingerprint density at radius 3 is 2.40 bits per heavy atom. The van der Waals surface area contributed by atoms with E-state index in [4.69, 9.17) is 11.6 Å². The second-order valence-corrected chi connectivity index (χ2v) is 7.21. The van der Waals surface area contributed by atoms with E-state index in [-0.39, 0.29) is 18.1 Å². The molecule has 10 heteroatoms. The number of methoxy groups -OCH3 is 1. The van der Waals surface area contributed by atoms with E-state index in [0.717, 1.165) is 0 Å². The fourth-order valence-corrected chi connectivity index (χ4v) is 3.43. The van der Waals surface area contributed by atoms with Gasteiger partial charge in [0.1, 0.15) is 5.69 Å². The van der Waals surface area contributed by atoms with Crippen molar-refractivity contribution in [2.75, 3.05) is 50.1 Å². The summed E-state index contributed by atoms with van der Waals surface area (Å²) >= 11 is 5.88. The molecule has 1 aliphatic heterocycles. The Labute approximate surface area is 178 Å². The topological polar surface area (TPSA) is 105 Å². The van der Waals surface area contributed by atoms with Crippen LogP contribution in [0.5, 0.6) is 0 Å². The van der Waals surface area contributed by atoms with Gasteiger partial charge in [0.2, 0.25) is 5.91 Å². The summed E-state index contributed by atoms with van der Waals surface area (Å²) in [6.07, 6.45) is 0. The van der Waals surface area contributed by atoms with Crippen molar-refractivity contribution in [1.29, 1.82) is 0 Å². The normalized spacial score (nSPS) is 14.3. The predicted octanol–water partition coefficient (Wildman–Crippen LogP) is 2.80. The van der Waals surface area contributed by atoms with E-state index in [1.54, 1.807) is 36.4 Å². The number of ether oxygens (including phenoxy) is 1. The molecule has 1 N–H and O–H groups in total. The standard InChI is InChI=1S/C20H21ClN4O5/c1-30-20(27)14-2-5-16(6-3-14)22-19(26)13-23-8-10-24(11-9-23)17-7-4-15(21)12-18(17)25(28)29/h2-7,12H,8-11,13H2,1H3,(H,22,26). The van der Waals surface area contributed by atoms with Crippen LogP contribution in [-0.2, 0) is 9.53 Å². The minimum Gasteiger partial charge on any atom is -0.465 e. The maximum absolute atomic E-state index is 12.3. The highest BCUT2D eigenvalue weighted by molar-refractivity contribution is 6.30. The highest BCUT2D eigenvalue weighted by Crippen LogP contribution is 2.31. The summed E-state index contributed by atoms with van der Waals surface area (Å²) in [5, 5.41) is 14.4. The van der Waals surface area contributed by atoms with E-state index in [1.807, 2.05) is 9.80 Å². The molecule has 9 nitrogen and oxygen atoms in total. The van der Waals surface area contributed by atoms with Crippen molar-refractivity contribution < 1.29 is 19.2 Å². The zero-order chi connectivity index (χ0) is 21.7. The Hall–Kier alpha value is -3.17. The van der Waals surface area contributed by atoms with Crippen molar-refractivity contribution in [3.63, 3.8) is 0 Å². The molecule has 158 valence electrons. The van der Waals surface area contributed by atoms with Crippen LogP contribution in [0.2, 0.25) is 5.02 Å². The Kier molecular flexibility index (Phi) is 6.86. The number of piperazine rings is 1. The lowest BCUT2D eigenvalue weighted by molar-refractivity contribution is -0.384. The molecule has 0 saturated carbocycles. The van der Waals surface area contributed by atoms with Gasteiger partial charge in [-0.2, -0.15) is 0 Å². The van der Waals surface area contributed by atoms with Crippen LogP contribution in [-0.4, -0.2) is 61.5 Å². The first kappa shape index (κ1) is 21.5. The van der Waals surface area contributed by atoms with Gasteiger partial charge in [0.15, 0.2) is 0 Å². The van der Waals surface area contributed by atoms with Crippen molar-refractivity contribution in [1.82, 2.24) is 4.90 Å². The number of hydrogen-bond acceptors (Lipinski definition) is 7. The average Bonchev–Trinajstić information content (AvgIpc) is 2.74. The van der Waals surface area contributed by atoms with Gasteiger partial charge in [0.05, 0.1) is 24.1 Å². The van der Waals surface area contributed by atoms with Gasteiger partial charge in [-0.05, 0) is 36.4 Å². The molecule has 1 aliphatic rings. The van der Waals surface area contributed by atoms with Gasteiger partial charge >= 0.3 is 5.97 Å². The molecule has 0 atom stereocenters. The molecule has 0 bridgehead atoms. The van der Waals surface area contributed by atoms with Gasteiger partial charge in [-0.15, -0.1) is 0 Å². The van der Waals surface area contributed by atoms with Gasteiger partial charge in [-0.25, -0.2) is 4.79 Å². The number of nitrogens with zero attached hydrogens (tertiary/aromatic N) is 3. The molecule has 0 aliphatic carbocycles. The van der Waals surface area contributed by atoms with E-state index in [9.17, 15) is 19.7 Å². The Bertz CT molecular complexity index is 943. The molecule has 3 rings (SSSR count). The highest BCUT2D eigenvalue weighted by atomic mass is 35.5. The largest absolute Gasteiger partial charge is 0.465 e. The maximum atomic E-state index is 12.3. The van der Waals surface area contributed by atoms with E-state index in [0.29, 0.717) is 48.1 Å². The number of amides is 1. The second kappa shape index (κ2) is 9.55. The summed E-state index contributed by atoms with van der Waals surface area (Å²) in [7, 11) is 1.31. The highest BCUT2D eigenvalue weighted by Gasteiger charge is 2.24. The smallest absolute Gasteiger partial charge is 0.337 e. The lowest BCUT2D eigenvalue weighted by atomic mass is 10.2. The third-order valence-electron chi connectivity index (χ3n) is 4.80. The third-order valence-corrected chi connectivity index (χ3v) is 5.04. The first-order valence-electron chi connectivity index (χ1n) is 9.27. The minimum atomic E-state index is -0.438. The van der Waals surface area contributed by atoms with E-state index >= 15 is 0 Å². The molecule has 1 fully saturated rings.